The lowest BCUT2D eigenvalue weighted by atomic mass is 9.94. The fourth-order valence-corrected chi connectivity index (χ4v) is 2.69. The Morgan fingerprint density at radius 1 is 0.750 bits per heavy atom. The SMILES string of the molecule is c1ccc(-c2ccc(CC3CO3)c(CC3CO3)c2)cc1. The number of hydrogen-bond donors (Lipinski definition) is 0. The van der Waals surface area contributed by atoms with Crippen LogP contribution >= 0.6 is 0 Å². The molecule has 0 aromatic heterocycles. The van der Waals surface area contributed by atoms with Gasteiger partial charge in [0.1, 0.15) is 0 Å². The van der Waals surface area contributed by atoms with Gasteiger partial charge in [-0.1, -0.05) is 48.5 Å². The van der Waals surface area contributed by atoms with E-state index in [1.807, 2.05) is 0 Å². The van der Waals surface area contributed by atoms with Gasteiger partial charge >= 0.3 is 0 Å². The molecule has 102 valence electrons. The molecule has 2 aromatic carbocycles. The summed E-state index contributed by atoms with van der Waals surface area (Å²) in [7, 11) is 0. The largest absolute Gasteiger partial charge is 0.373 e. The summed E-state index contributed by atoms with van der Waals surface area (Å²) in [5.41, 5.74) is 5.41. The van der Waals surface area contributed by atoms with E-state index in [-0.39, 0.29) is 0 Å². The summed E-state index contributed by atoms with van der Waals surface area (Å²) in [6.07, 6.45) is 2.94. The van der Waals surface area contributed by atoms with Gasteiger partial charge in [0.05, 0.1) is 25.4 Å². The van der Waals surface area contributed by atoms with Crippen molar-refractivity contribution in [1.82, 2.24) is 0 Å². The highest BCUT2D eigenvalue weighted by atomic mass is 16.6. The van der Waals surface area contributed by atoms with Gasteiger partial charge in [-0.3, -0.25) is 0 Å². The molecule has 2 fully saturated rings. The Kier molecular flexibility index (Phi) is 3.06. The zero-order chi connectivity index (χ0) is 13.4. The topological polar surface area (TPSA) is 25.1 Å². The fraction of sp³-hybridized carbons (Fsp3) is 0.333. The van der Waals surface area contributed by atoms with E-state index < -0.39 is 0 Å². The van der Waals surface area contributed by atoms with Gasteiger partial charge in [0.2, 0.25) is 0 Å². The van der Waals surface area contributed by atoms with E-state index in [0.29, 0.717) is 12.2 Å². The summed E-state index contributed by atoms with van der Waals surface area (Å²) in [4.78, 5) is 0. The average Bonchev–Trinajstić information content (AvgIpc) is 3.37. The normalized spacial score (nSPS) is 23.6. The van der Waals surface area contributed by atoms with Gasteiger partial charge in [-0.15, -0.1) is 0 Å². The predicted octanol–water partition coefficient (Wildman–Crippen LogP) is 3.24. The van der Waals surface area contributed by atoms with Crippen LogP contribution in [0.15, 0.2) is 48.5 Å². The lowest BCUT2D eigenvalue weighted by molar-refractivity contribution is 0.401. The Hall–Kier alpha value is -1.64. The number of benzene rings is 2. The minimum Gasteiger partial charge on any atom is -0.373 e. The van der Waals surface area contributed by atoms with Crippen LogP contribution in [0.4, 0.5) is 0 Å². The standard InChI is InChI=1S/C18H18O2/c1-2-4-13(5-3-1)14-6-7-15(9-17-11-19-17)16(8-14)10-18-12-20-18/h1-8,17-18H,9-12H2. The van der Waals surface area contributed by atoms with Crippen LogP contribution in [0.2, 0.25) is 0 Å². The molecule has 2 atom stereocenters. The van der Waals surface area contributed by atoms with E-state index in [0.717, 1.165) is 26.1 Å². The van der Waals surface area contributed by atoms with E-state index in [2.05, 4.69) is 48.5 Å². The first kappa shape index (κ1) is 12.1. The van der Waals surface area contributed by atoms with Gasteiger partial charge in [0.15, 0.2) is 0 Å². The zero-order valence-electron chi connectivity index (χ0n) is 11.4. The first-order valence-corrected chi connectivity index (χ1v) is 7.29. The minimum atomic E-state index is 0.430. The number of epoxide rings is 2. The molecule has 0 amide bonds. The van der Waals surface area contributed by atoms with Crippen molar-refractivity contribution in [3.8, 4) is 11.1 Å². The molecular formula is C18H18O2. The maximum absolute atomic E-state index is 5.40. The van der Waals surface area contributed by atoms with Crippen LogP contribution in [0.1, 0.15) is 11.1 Å². The van der Waals surface area contributed by atoms with Crippen LogP contribution in [-0.2, 0) is 22.3 Å². The van der Waals surface area contributed by atoms with Crippen molar-refractivity contribution in [2.24, 2.45) is 0 Å². The molecule has 0 spiro atoms. The second-order valence-electron chi connectivity index (χ2n) is 5.67. The molecule has 0 radical (unpaired) electrons. The molecule has 2 saturated heterocycles. The second-order valence-corrected chi connectivity index (χ2v) is 5.67. The maximum Gasteiger partial charge on any atom is 0.0850 e. The van der Waals surface area contributed by atoms with Gasteiger partial charge in [0.25, 0.3) is 0 Å². The summed E-state index contributed by atoms with van der Waals surface area (Å²) in [6, 6.07) is 17.4. The van der Waals surface area contributed by atoms with Gasteiger partial charge in [-0.25, -0.2) is 0 Å². The highest BCUT2D eigenvalue weighted by Gasteiger charge is 2.27. The Balaban J connectivity index is 1.66. The summed E-state index contributed by atoms with van der Waals surface area (Å²) in [5, 5.41) is 0. The van der Waals surface area contributed by atoms with Gasteiger partial charge in [-0.05, 0) is 22.3 Å². The van der Waals surface area contributed by atoms with Gasteiger partial charge in [-0.2, -0.15) is 0 Å². The van der Waals surface area contributed by atoms with Crippen molar-refractivity contribution in [2.75, 3.05) is 13.2 Å². The molecule has 4 rings (SSSR count). The molecule has 2 nitrogen and oxygen atoms in total. The van der Waals surface area contributed by atoms with Crippen molar-refractivity contribution in [1.29, 1.82) is 0 Å². The molecular weight excluding hydrogens is 248 g/mol. The number of rotatable bonds is 5. The number of ether oxygens (including phenoxy) is 2. The molecule has 2 aliphatic rings. The third kappa shape index (κ3) is 2.77. The molecule has 2 unspecified atom stereocenters. The molecule has 0 saturated carbocycles. The summed E-state index contributed by atoms with van der Waals surface area (Å²) >= 11 is 0. The van der Waals surface area contributed by atoms with Crippen LogP contribution in [0.5, 0.6) is 0 Å². The van der Waals surface area contributed by atoms with Crippen molar-refractivity contribution >= 4 is 0 Å². The minimum absolute atomic E-state index is 0.430. The molecule has 20 heavy (non-hydrogen) atoms. The smallest absolute Gasteiger partial charge is 0.0850 e. The molecule has 2 aliphatic heterocycles. The van der Waals surface area contributed by atoms with Crippen LogP contribution < -0.4 is 0 Å². The summed E-state index contributed by atoms with van der Waals surface area (Å²) in [5.74, 6) is 0. The third-order valence-corrected chi connectivity index (χ3v) is 4.01. The number of hydrogen-bond acceptors (Lipinski definition) is 2. The first-order chi connectivity index (χ1) is 9.88. The Morgan fingerprint density at radius 2 is 1.40 bits per heavy atom. The Labute approximate surface area is 119 Å². The molecule has 0 aliphatic carbocycles. The highest BCUT2D eigenvalue weighted by molar-refractivity contribution is 5.65. The van der Waals surface area contributed by atoms with Crippen LogP contribution in [0.25, 0.3) is 11.1 Å². The predicted molar refractivity (Wildman–Crippen MR) is 78.8 cm³/mol. The highest BCUT2D eigenvalue weighted by Crippen LogP contribution is 2.28. The van der Waals surface area contributed by atoms with E-state index in [4.69, 9.17) is 9.47 Å². The van der Waals surface area contributed by atoms with Crippen LogP contribution in [0.3, 0.4) is 0 Å². The molecule has 2 aromatic rings. The van der Waals surface area contributed by atoms with E-state index in [1.54, 1.807) is 0 Å². The van der Waals surface area contributed by atoms with Crippen molar-refractivity contribution < 1.29 is 9.47 Å². The van der Waals surface area contributed by atoms with Gasteiger partial charge in [0, 0.05) is 12.8 Å². The summed E-state index contributed by atoms with van der Waals surface area (Å²) in [6.45, 7) is 1.83. The quantitative estimate of drug-likeness (QED) is 0.776. The molecule has 2 heterocycles. The zero-order valence-corrected chi connectivity index (χ0v) is 11.4. The summed E-state index contributed by atoms with van der Waals surface area (Å²) < 4.78 is 10.8. The molecule has 0 bridgehead atoms. The second kappa shape index (κ2) is 5.04. The van der Waals surface area contributed by atoms with Crippen LogP contribution in [0, 0.1) is 0 Å². The van der Waals surface area contributed by atoms with E-state index in [1.165, 1.54) is 22.3 Å². The van der Waals surface area contributed by atoms with E-state index in [9.17, 15) is 0 Å². The maximum atomic E-state index is 5.40. The first-order valence-electron chi connectivity index (χ1n) is 7.29. The lowest BCUT2D eigenvalue weighted by Crippen LogP contribution is -2.03. The van der Waals surface area contributed by atoms with Crippen LogP contribution in [-0.4, -0.2) is 25.4 Å². The Morgan fingerprint density at radius 3 is 2.05 bits per heavy atom. The third-order valence-electron chi connectivity index (χ3n) is 4.01. The van der Waals surface area contributed by atoms with Gasteiger partial charge < -0.3 is 9.47 Å². The lowest BCUT2D eigenvalue weighted by Gasteiger charge is -2.11. The van der Waals surface area contributed by atoms with Crippen molar-refractivity contribution in [2.45, 2.75) is 25.0 Å². The fourth-order valence-electron chi connectivity index (χ4n) is 2.69. The monoisotopic (exact) mass is 266 g/mol. The van der Waals surface area contributed by atoms with Crippen molar-refractivity contribution in [3.63, 3.8) is 0 Å². The average molecular weight is 266 g/mol. The molecule has 0 N–H and O–H groups in total. The molecule has 2 heteroatoms. The van der Waals surface area contributed by atoms with E-state index >= 15 is 0 Å². The Bertz CT molecular complexity index is 598. The van der Waals surface area contributed by atoms with Crippen molar-refractivity contribution in [3.05, 3.63) is 59.7 Å².